The molecule has 2 unspecified atom stereocenters. The number of rotatable bonds is 15. The van der Waals surface area contributed by atoms with Crippen molar-refractivity contribution in [1.82, 2.24) is 0 Å². The molecule has 2 saturated heterocycles. The lowest BCUT2D eigenvalue weighted by molar-refractivity contribution is 0.824. The Kier molecular flexibility index (Phi) is 12.3. The maximum Gasteiger partial charge on any atom is 0.0928 e. The molecule has 2 heterocycles. The summed E-state index contributed by atoms with van der Waals surface area (Å²) in [6.07, 6.45) is 3.15. The highest BCUT2D eigenvalue weighted by atomic mass is 79.9. The van der Waals surface area contributed by atoms with Crippen molar-refractivity contribution in [3.05, 3.63) is 34.9 Å². The van der Waals surface area contributed by atoms with E-state index in [1.165, 1.54) is 16.7 Å². The van der Waals surface area contributed by atoms with Crippen molar-refractivity contribution in [2.45, 2.75) is 55.3 Å². The van der Waals surface area contributed by atoms with Crippen LogP contribution in [0.5, 0.6) is 0 Å². The van der Waals surface area contributed by atoms with E-state index in [0.717, 1.165) is 43.7 Å². The minimum atomic E-state index is -0.617. The van der Waals surface area contributed by atoms with Gasteiger partial charge in [0, 0.05) is 134 Å². The second-order valence-corrected chi connectivity index (χ2v) is 11.9. The fraction of sp³-hybridized carbons (Fsp3) is 0.600. The smallest absolute Gasteiger partial charge is 0.0876 e. The first-order chi connectivity index (χ1) is 16.9. The molecule has 0 spiro atoms. The number of aryl methyl sites for hydroxylation is 2. The highest BCUT2D eigenvalue weighted by Crippen LogP contribution is 2.44. The van der Waals surface area contributed by atoms with Gasteiger partial charge in [0.25, 0.3) is 0 Å². The topological polar surface area (TPSA) is 0 Å². The van der Waals surface area contributed by atoms with Crippen molar-refractivity contribution in [2.75, 3.05) is 0 Å². The molecule has 2 aliphatic rings. The predicted octanol–water partition coefficient (Wildman–Crippen LogP) is -2.56. The Labute approximate surface area is 246 Å². The monoisotopic (exact) mass is 498 g/mol. The summed E-state index contributed by atoms with van der Waals surface area (Å²) in [6, 6.07) is 6.91. The molecular weight excluding hydrogens is 476 g/mol. The highest BCUT2D eigenvalue weighted by molar-refractivity contribution is 9.08. The fourth-order valence-electron chi connectivity index (χ4n) is 6.23. The van der Waals surface area contributed by atoms with Gasteiger partial charge in [0.2, 0.25) is 0 Å². The third-order valence-electron chi connectivity index (χ3n) is 8.48. The number of hydrogen-bond donors (Lipinski definition) is 0. The van der Waals surface area contributed by atoms with Gasteiger partial charge < -0.3 is 0 Å². The van der Waals surface area contributed by atoms with Crippen LogP contribution in [-0.2, 0) is 18.2 Å². The lowest BCUT2D eigenvalue weighted by Crippen LogP contribution is -2.63. The van der Waals surface area contributed by atoms with Crippen molar-refractivity contribution in [3.8, 4) is 0 Å². The van der Waals surface area contributed by atoms with Crippen molar-refractivity contribution in [1.29, 1.82) is 0 Å². The second-order valence-electron chi connectivity index (χ2n) is 11.3. The summed E-state index contributed by atoms with van der Waals surface area (Å²) < 4.78 is 0. The summed E-state index contributed by atoms with van der Waals surface area (Å²) in [4.78, 5) is 0. The lowest BCUT2D eigenvalue weighted by Gasteiger charge is -2.25. The van der Waals surface area contributed by atoms with Crippen LogP contribution in [0.4, 0.5) is 0 Å². The van der Waals surface area contributed by atoms with Crippen LogP contribution in [0.2, 0.25) is 24.3 Å². The molecule has 0 aromatic heterocycles. The molecule has 36 heavy (non-hydrogen) atoms. The van der Waals surface area contributed by atoms with Crippen molar-refractivity contribution in [3.63, 3.8) is 0 Å². The minimum absolute atomic E-state index is 0.0571. The average molecular weight is 495 g/mol. The summed E-state index contributed by atoms with van der Waals surface area (Å²) in [5.41, 5.74) is 4.00. The third kappa shape index (κ3) is 8.50. The van der Waals surface area contributed by atoms with Gasteiger partial charge in [-0.3, -0.25) is 0 Å². The molecule has 2 aliphatic heterocycles. The van der Waals surface area contributed by atoms with E-state index in [2.05, 4.69) is 34.1 Å². The maximum absolute atomic E-state index is 6.22. The van der Waals surface area contributed by atoms with E-state index in [-0.39, 0.29) is 12.8 Å². The van der Waals surface area contributed by atoms with E-state index in [4.69, 9.17) is 77.4 Å². The molecule has 1 aromatic carbocycles. The zero-order chi connectivity index (χ0) is 26.7. The van der Waals surface area contributed by atoms with Gasteiger partial charge in [0.1, 0.15) is 0 Å². The standard InChI is InChI=1S/C15H19B20Br/c16-28(17)32(24)34(30(20)21)26-8-14(26)3-1-11-5-12(7-13(6-11)10-36)2-4-15-9-27(15)35(31(22)23)33(25)29(18)19/h5-7,14-15H,1-4,8-10H2. The van der Waals surface area contributed by atoms with Gasteiger partial charge in [-0.15, -0.1) is 0 Å². The molecule has 20 radical (unpaired) electrons. The Morgan fingerprint density at radius 3 is 1.28 bits per heavy atom. The Hall–Kier alpha value is 0.999. The number of halogens is 1. The van der Waals surface area contributed by atoms with E-state index >= 15 is 0 Å². The normalized spacial score (nSPS) is 17.8. The zero-order valence-corrected chi connectivity index (χ0v) is 22.8. The van der Waals surface area contributed by atoms with Crippen LogP contribution in [-0.4, -0.2) is 142 Å². The second kappa shape index (κ2) is 14.1. The van der Waals surface area contributed by atoms with Gasteiger partial charge >= 0.3 is 0 Å². The lowest BCUT2D eigenvalue weighted by atomic mass is 8.57. The van der Waals surface area contributed by atoms with Crippen LogP contribution in [0.1, 0.15) is 29.5 Å². The van der Waals surface area contributed by atoms with Crippen LogP contribution >= 0.6 is 15.9 Å². The summed E-state index contributed by atoms with van der Waals surface area (Å²) in [5, 5.41) is 0.826. The van der Waals surface area contributed by atoms with Gasteiger partial charge in [0.05, 0.1) is 13.2 Å². The number of alkyl halides is 1. The molecule has 146 valence electrons. The molecule has 2 atom stereocenters. The van der Waals surface area contributed by atoms with Crippen LogP contribution in [0.3, 0.4) is 0 Å². The van der Waals surface area contributed by atoms with E-state index in [1.54, 1.807) is 0 Å². The van der Waals surface area contributed by atoms with Crippen molar-refractivity contribution >= 4 is 158 Å². The van der Waals surface area contributed by atoms with Crippen molar-refractivity contribution in [2.24, 2.45) is 0 Å². The molecule has 0 aliphatic carbocycles. The quantitative estimate of drug-likeness (QED) is 0.186. The molecule has 0 bridgehead atoms. The molecule has 0 amide bonds. The summed E-state index contributed by atoms with van der Waals surface area (Å²) in [7, 11) is 59.9. The molecular formula is C15H19B20Br. The Bertz CT molecular complexity index is 777. The van der Waals surface area contributed by atoms with E-state index in [1.807, 2.05) is 0 Å². The van der Waals surface area contributed by atoms with Gasteiger partial charge in [0.15, 0.2) is 0 Å². The molecule has 0 nitrogen and oxygen atoms in total. The van der Waals surface area contributed by atoms with E-state index in [9.17, 15) is 0 Å². The summed E-state index contributed by atoms with van der Waals surface area (Å²) >= 11 is 3.63. The average Bonchev–Trinajstić information content (AvgIpc) is 3.73. The van der Waals surface area contributed by atoms with Crippen molar-refractivity contribution < 1.29 is 0 Å². The van der Waals surface area contributed by atoms with Gasteiger partial charge in [-0.25, -0.2) is 0 Å². The van der Waals surface area contributed by atoms with Crippen LogP contribution in [0, 0.1) is 0 Å². The first kappa shape index (κ1) is 31.5. The minimum Gasteiger partial charge on any atom is -0.0876 e. The summed E-state index contributed by atoms with van der Waals surface area (Å²) in [6.45, 7) is 0.769. The number of hydrogen-bond acceptors (Lipinski definition) is 0. The third-order valence-corrected chi connectivity index (χ3v) is 9.13. The molecule has 21 heteroatoms. The Morgan fingerprint density at radius 1 is 0.611 bits per heavy atom. The first-order valence-electron chi connectivity index (χ1n) is 13.2. The van der Waals surface area contributed by atoms with Gasteiger partial charge in [-0.05, 0) is 29.5 Å². The van der Waals surface area contributed by atoms with Crippen LogP contribution in [0.25, 0.3) is 0 Å². The number of benzene rings is 1. The molecule has 3 rings (SSSR count). The zero-order valence-electron chi connectivity index (χ0n) is 21.3. The molecule has 1 aromatic rings. The van der Waals surface area contributed by atoms with Crippen LogP contribution < -0.4 is 0 Å². The van der Waals surface area contributed by atoms with Gasteiger partial charge in [-0.2, -0.15) is 0 Å². The SMILES string of the molecule is [B]B([B])B([B])B(B([B])[B])B1CC1CCc1cc(CBr)cc(CCC2CB2B(B([B])[B])B([B])B([B])[B])c1. The van der Waals surface area contributed by atoms with E-state index in [0.29, 0.717) is 24.8 Å². The van der Waals surface area contributed by atoms with E-state index < -0.39 is 38.3 Å². The highest BCUT2D eigenvalue weighted by Gasteiger charge is 2.50. The van der Waals surface area contributed by atoms with Gasteiger partial charge in [-0.1, -0.05) is 71.2 Å². The maximum atomic E-state index is 6.22. The molecule has 2 fully saturated rings. The van der Waals surface area contributed by atoms with Crippen LogP contribution in [0.15, 0.2) is 18.2 Å². The summed E-state index contributed by atoms with van der Waals surface area (Å²) in [5.74, 6) is 1.10. The Morgan fingerprint density at radius 2 is 0.972 bits per heavy atom. The molecule has 0 saturated carbocycles. The molecule has 0 N–H and O–H groups in total. The first-order valence-corrected chi connectivity index (χ1v) is 14.3. The largest absolute Gasteiger partial charge is 0.0928 e. The fourth-order valence-corrected chi connectivity index (χ4v) is 6.55. The predicted molar refractivity (Wildman–Crippen MR) is 188 cm³/mol. The Balaban J connectivity index is 1.55.